The van der Waals surface area contributed by atoms with E-state index in [2.05, 4.69) is 25.3 Å². The van der Waals surface area contributed by atoms with E-state index in [1.807, 2.05) is 61.5 Å². The van der Waals surface area contributed by atoms with Crippen LogP contribution in [0.15, 0.2) is 42.5 Å². The lowest BCUT2D eigenvalue weighted by atomic mass is 10.1. The van der Waals surface area contributed by atoms with Gasteiger partial charge in [0, 0.05) is 26.3 Å². The number of nitrogen functional groups attached to an aromatic ring is 1. The molecular formula is C22H30N8O. The van der Waals surface area contributed by atoms with Crippen molar-refractivity contribution in [1.29, 1.82) is 0 Å². The zero-order valence-electron chi connectivity index (χ0n) is 18.2. The lowest BCUT2D eigenvalue weighted by Gasteiger charge is -2.26. The van der Waals surface area contributed by atoms with Crippen LogP contribution in [0, 0.1) is 0 Å². The van der Waals surface area contributed by atoms with Crippen LogP contribution >= 0.6 is 0 Å². The minimum Gasteiger partial charge on any atom is -0.492 e. The second kappa shape index (κ2) is 9.65. The van der Waals surface area contributed by atoms with Gasteiger partial charge in [-0.05, 0) is 62.3 Å². The molecule has 0 radical (unpaired) electrons. The van der Waals surface area contributed by atoms with Crippen LogP contribution in [-0.4, -0.2) is 65.0 Å². The van der Waals surface area contributed by atoms with E-state index in [0.717, 1.165) is 23.8 Å². The number of nitrogens with one attached hydrogen (secondary N) is 1. The van der Waals surface area contributed by atoms with E-state index in [0.29, 0.717) is 18.4 Å². The molecule has 1 saturated heterocycles. The molecule has 0 spiro atoms. The minimum absolute atomic E-state index is 0.267. The Labute approximate surface area is 182 Å². The fourth-order valence-electron chi connectivity index (χ4n) is 3.56. The third kappa shape index (κ3) is 5.43. The quantitative estimate of drug-likeness (QED) is 0.572. The summed E-state index contributed by atoms with van der Waals surface area (Å²) in [4.78, 5) is 13.3. The minimum atomic E-state index is 0.267. The van der Waals surface area contributed by atoms with Gasteiger partial charge in [-0.3, -0.25) is 4.90 Å². The fourth-order valence-corrected chi connectivity index (χ4v) is 3.56. The molecule has 9 heteroatoms. The van der Waals surface area contributed by atoms with E-state index >= 15 is 0 Å². The molecule has 0 amide bonds. The molecule has 0 bridgehead atoms. The summed E-state index contributed by atoms with van der Waals surface area (Å²) in [6, 6.07) is 13.5. The highest BCUT2D eigenvalue weighted by molar-refractivity contribution is 5.56. The molecule has 0 atom stereocenters. The molecule has 3 aromatic rings. The Morgan fingerprint density at radius 1 is 1.03 bits per heavy atom. The molecule has 2 aromatic heterocycles. The number of benzene rings is 1. The number of ether oxygens (including phenoxy) is 1. The van der Waals surface area contributed by atoms with Crippen LogP contribution in [0.5, 0.6) is 5.75 Å². The Hall–Kier alpha value is -3.33. The first-order valence-corrected chi connectivity index (χ1v) is 10.7. The van der Waals surface area contributed by atoms with Gasteiger partial charge in [0.25, 0.3) is 0 Å². The molecule has 164 valence electrons. The predicted molar refractivity (Wildman–Crippen MR) is 123 cm³/mol. The van der Waals surface area contributed by atoms with Gasteiger partial charge in [0.1, 0.15) is 18.2 Å². The second-order valence-corrected chi connectivity index (χ2v) is 7.85. The number of hydrogen-bond donors (Lipinski definition) is 2. The summed E-state index contributed by atoms with van der Waals surface area (Å²) in [5.74, 6) is 2.96. The number of piperidine rings is 1. The third-order valence-electron chi connectivity index (χ3n) is 5.26. The maximum Gasteiger partial charge on any atom is 0.248 e. The SMILES string of the molecule is CN(C)c1cccc(-n2nc(Nc3ccc(OCCN4CCCCC4)cc3)nc2N)n1. The standard InChI is InChI=1S/C22H30N8O/c1-28(2)19-7-6-8-20(25-19)30-21(23)26-22(27-30)24-17-9-11-18(12-10-17)31-16-15-29-13-4-3-5-14-29/h6-12H,3-5,13-16H2,1-2H3,(H3,23,24,26,27). The van der Waals surface area contributed by atoms with E-state index in [4.69, 9.17) is 10.5 Å². The van der Waals surface area contributed by atoms with Crippen molar-refractivity contribution in [2.45, 2.75) is 19.3 Å². The summed E-state index contributed by atoms with van der Waals surface area (Å²) in [6.07, 6.45) is 3.95. The first-order chi connectivity index (χ1) is 15.1. The van der Waals surface area contributed by atoms with Gasteiger partial charge in [0.15, 0.2) is 5.82 Å². The van der Waals surface area contributed by atoms with Gasteiger partial charge < -0.3 is 20.7 Å². The van der Waals surface area contributed by atoms with Crippen molar-refractivity contribution in [1.82, 2.24) is 24.6 Å². The molecule has 3 heterocycles. The molecule has 31 heavy (non-hydrogen) atoms. The van der Waals surface area contributed by atoms with Crippen LogP contribution < -0.4 is 20.7 Å². The molecule has 1 aromatic carbocycles. The number of nitrogens with zero attached hydrogens (tertiary/aromatic N) is 6. The van der Waals surface area contributed by atoms with Gasteiger partial charge in [-0.15, -0.1) is 5.10 Å². The number of pyridine rings is 1. The van der Waals surface area contributed by atoms with E-state index in [9.17, 15) is 0 Å². The van der Waals surface area contributed by atoms with Crippen molar-refractivity contribution >= 4 is 23.4 Å². The highest BCUT2D eigenvalue weighted by atomic mass is 16.5. The van der Waals surface area contributed by atoms with Gasteiger partial charge in [0.2, 0.25) is 11.9 Å². The van der Waals surface area contributed by atoms with E-state index in [1.54, 1.807) is 0 Å². The average Bonchev–Trinajstić information content (AvgIpc) is 3.15. The fraction of sp³-hybridized carbons (Fsp3) is 0.409. The van der Waals surface area contributed by atoms with Gasteiger partial charge >= 0.3 is 0 Å². The summed E-state index contributed by atoms with van der Waals surface area (Å²) in [6.45, 7) is 4.05. The third-order valence-corrected chi connectivity index (χ3v) is 5.26. The van der Waals surface area contributed by atoms with Crippen LogP contribution in [0.2, 0.25) is 0 Å². The van der Waals surface area contributed by atoms with E-state index in [-0.39, 0.29) is 5.95 Å². The summed E-state index contributed by atoms with van der Waals surface area (Å²) in [5, 5.41) is 7.63. The molecular weight excluding hydrogens is 392 g/mol. The Morgan fingerprint density at radius 3 is 2.55 bits per heavy atom. The number of nitrogens with two attached hydrogens (primary N) is 1. The van der Waals surface area contributed by atoms with Gasteiger partial charge in [-0.1, -0.05) is 12.5 Å². The smallest absolute Gasteiger partial charge is 0.248 e. The lowest BCUT2D eigenvalue weighted by Crippen LogP contribution is -2.33. The first kappa shape index (κ1) is 20.9. The summed E-state index contributed by atoms with van der Waals surface area (Å²) in [5.41, 5.74) is 6.92. The van der Waals surface area contributed by atoms with Crippen LogP contribution in [0.3, 0.4) is 0 Å². The molecule has 0 unspecified atom stereocenters. The number of rotatable bonds is 8. The molecule has 1 aliphatic heterocycles. The summed E-state index contributed by atoms with van der Waals surface area (Å²) >= 11 is 0. The molecule has 1 aliphatic rings. The van der Waals surface area contributed by atoms with Crippen molar-refractivity contribution < 1.29 is 4.74 Å². The molecule has 4 rings (SSSR count). The highest BCUT2D eigenvalue weighted by Crippen LogP contribution is 2.21. The van der Waals surface area contributed by atoms with E-state index < -0.39 is 0 Å². The monoisotopic (exact) mass is 422 g/mol. The number of likely N-dealkylation sites (tertiary alicyclic amines) is 1. The number of aromatic nitrogens is 4. The molecule has 0 aliphatic carbocycles. The zero-order chi connectivity index (χ0) is 21.6. The predicted octanol–water partition coefficient (Wildman–Crippen LogP) is 2.92. The topological polar surface area (TPSA) is 97.4 Å². The Kier molecular flexibility index (Phi) is 6.51. The summed E-state index contributed by atoms with van der Waals surface area (Å²) < 4.78 is 7.41. The van der Waals surface area contributed by atoms with Crippen molar-refractivity contribution in [2.24, 2.45) is 0 Å². The van der Waals surface area contributed by atoms with Crippen LogP contribution in [0.25, 0.3) is 5.82 Å². The summed E-state index contributed by atoms with van der Waals surface area (Å²) in [7, 11) is 3.87. The van der Waals surface area contributed by atoms with Gasteiger partial charge in [-0.2, -0.15) is 9.67 Å². The largest absolute Gasteiger partial charge is 0.492 e. The lowest BCUT2D eigenvalue weighted by molar-refractivity contribution is 0.183. The Bertz CT molecular complexity index is 979. The first-order valence-electron chi connectivity index (χ1n) is 10.7. The van der Waals surface area contributed by atoms with Gasteiger partial charge in [-0.25, -0.2) is 4.98 Å². The van der Waals surface area contributed by atoms with Gasteiger partial charge in [0.05, 0.1) is 0 Å². The van der Waals surface area contributed by atoms with Crippen molar-refractivity contribution in [2.75, 3.05) is 56.3 Å². The molecule has 9 nitrogen and oxygen atoms in total. The normalized spacial score (nSPS) is 14.4. The van der Waals surface area contributed by atoms with Crippen LogP contribution in [-0.2, 0) is 0 Å². The van der Waals surface area contributed by atoms with Crippen LogP contribution in [0.1, 0.15) is 19.3 Å². The Morgan fingerprint density at radius 2 is 1.81 bits per heavy atom. The number of anilines is 4. The molecule has 0 saturated carbocycles. The zero-order valence-corrected chi connectivity index (χ0v) is 18.2. The highest BCUT2D eigenvalue weighted by Gasteiger charge is 2.12. The average molecular weight is 423 g/mol. The molecule has 1 fully saturated rings. The Balaban J connectivity index is 1.35. The number of hydrogen-bond acceptors (Lipinski definition) is 8. The maximum absolute atomic E-state index is 6.07. The second-order valence-electron chi connectivity index (χ2n) is 7.85. The molecule has 3 N–H and O–H groups in total. The van der Waals surface area contributed by atoms with Crippen LogP contribution in [0.4, 0.5) is 23.4 Å². The maximum atomic E-state index is 6.07. The van der Waals surface area contributed by atoms with Crippen molar-refractivity contribution in [3.63, 3.8) is 0 Å². The van der Waals surface area contributed by atoms with Crippen molar-refractivity contribution in [3.05, 3.63) is 42.5 Å². The van der Waals surface area contributed by atoms with Crippen molar-refractivity contribution in [3.8, 4) is 11.6 Å². The van der Waals surface area contributed by atoms with E-state index in [1.165, 1.54) is 37.0 Å².